The van der Waals surface area contributed by atoms with Crippen molar-refractivity contribution in [3.63, 3.8) is 0 Å². The highest BCUT2D eigenvalue weighted by Gasteiger charge is 2.12. The molecule has 0 bridgehead atoms. The summed E-state index contributed by atoms with van der Waals surface area (Å²) >= 11 is 0. The number of hydrogen-bond donors (Lipinski definition) is 4. The topological polar surface area (TPSA) is 111 Å². The molecule has 0 radical (unpaired) electrons. The maximum Gasteiger partial charge on any atom is 0.351 e. The van der Waals surface area contributed by atoms with Gasteiger partial charge >= 0.3 is 5.97 Å². The Bertz CT molecular complexity index is 154. The van der Waals surface area contributed by atoms with Crippen LogP contribution < -0.4 is 5.73 Å². The monoisotopic (exact) mass is 129 g/mol. The third-order valence-electron chi connectivity index (χ3n) is 0.743. The lowest BCUT2D eigenvalue weighted by Gasteiger charge is -1.99. The fraction of sp³-hybridized carbons (Fsp3) is 0.250. The van der Waals surface area contributed by atoms with Gasteiger partial charge in [0.25, 0.3) is 0 Å². The van der Waals surface area contributed by atoms with E-state index in [1.807, 2.05) is 0 Å². The first-order valence-corrected chi connectivity index (χ1v) is 2.17. The molecule has 0 aromatic heterocycles. The SMILES string of the molecule is N=CC(N)C(=N)C(=O)O. The van der Waals surface area contributed by atoms with Crippen LogP contribution in [0.3, 0.4) is 0 Å². The number of nitrogens with one attached hydrogen (secondary N) is 2. The lowest BCUT2D eigenvalue weighted by Crippen LogP contribution is -2.36. The molecule has 1 atom stereocenters. The Kier molecular flexibility index (Phi) is 2.53. The van der Waals surface area contributed by atoms with Crippen molar-refractivity contribution in [2.24, 2.45) is 5.73 Å². The van der Waals surface area contributed by atoms with Crippen LogP contribution in [0.15, 0.2) is 0 Å². The molecule has 0 aromatic carbocycles. The summed E-state index contributed by atoms with van der Waals surface area (Å²) in [6.07, 6.45) is 0.705. The summed E-state index contributed by atoms with van der Waals surface area (Å²) in [5.74, 6) is -1.38. The van der Waals surface area contributed by atoms with Gasteiger partial charge in [0, 0.05) is 6.21 Å². The van der Waals surface area contributed by atoms with Gasteiger partial charge < -0.3 is 16.2 Å². The number of carboxylic acids is 1. The van der Waals surface area contributed by atoms with E-state index in [1.165, 1.54) is 0 Å². The minimum absolute atomic E-state index is 0.662. The Morgan fingerprint density at radius 3 is 2.33 bits per heavy atom. The quantitative estimate of drug-likeness (QED) is 0.369. The second-order valence-corrected chi connectivity index (χ2v) is 1.41. The number of nitrogens with two attached hydrogens (primary N) is 1. The lowest BCUT2D eigenvalue weighted by molar-refractivity contribution is -0.129. The molecule has 0 rings (SSSR count). The van der Waals surface area contributed by atoms with Gasteiger partial charge in [-0.2, -0.15) is 0 Å². The van der Waals surface area contributed by atoms with Crippen LogP contribution in [-0.4, -0.2) is 29.0 Å². The van der Waals surface area contributed by atoms with Crippen LogP contribution in [0, 0.1) is 10.8 Å². The van der Waals surface area contributed by atoms with Crippen LogP contribution in [0.1, 0.15) is 0 Å². The smallest absolute Gasteiger partial charge is 0.351 e. The van der Waals surface area contributed by atoms with Crippen molar-refractivity contribution in [3.05, 3.63) is 0 Å². The molecule has 5 N–H and O–H groups in total. The maximum atomic E-state index is 9.89. The molecule has 5 heteroatoms. The average molecular weight is 129 g/mol. The first-order chi connectivity index (χ1) is 4.09. The van der Waals surface area contributed by atoms with Crippen LogP contribution in [0.2, 0.25) is 0 Å². The largest absolute Gasteiger partial charge is 0.477 e. The molecule has 0 aliphatic heterocycles. The summed E-state index contributed by atoms with van der Waals surface area (Å²) in [5, 5.41) is 21.2. The molecule has 0 spiro atoms. The first kappa shape index (κ1) is 7.77. The number of carboxylic acid groups (broad SMARTS) is 1. The zero-order valence-corrected chi connectivity index (χ0v) is 4.59. The lowest BCUT2D eigenvalue weighted by atomic mass is 10.2. The van der Waals surface area contributed by atoms with Gasteiger partial charge in [0.2, 0.25) is 0 Å². The van der Waals surface area contributed by atoms with Crippen molar-refractivity contribution in [2.45, 2.75) is 6.04 Å². The standard InChI is InChI=1S/C4H7N3O2/c5-1-2(6)3(7)4(8)9/h1-2,5,7H,6H2,(H,8,9). The zero-order chi connectivity index (χ0) is 7.44. The third kappa shape index (κ3) is 2.00. The van der Waals surface area contributed by atoms with Crippen molar-refractivity contribution in [3.8, 4) is 0 Å². The molecule has 0 fully saturated rings. The van der Waals surface area contributed by atoms with E-state index in [4.69, 9.17) is 21.7 Å². The number of aliphatic carboxylic acids is 1. The predicted molar refractivity (Wildman–Crippen MR) is 32.1 cm³/mol. The Balaban J connectivity index is 4.03. The van der Waals surface area contributed by atoms with Crippen molar-refractivity contribution < 1.29 is 9.90 Å². The Morgan fingerprint density at radius 2 is 2.22 bits per heavy atom. The van der Waals surface area contributed by atoms with Crippen LogP contribution in [0.4, 0.5) is 0 Å². The Morgan fingerprint density at radius 1 is 1.78 bits per heavy atom. The summed E-state index contributed by atoms with van der Waals surface area (Å²) in [6.45, 7) is 0. The van der Waals surface area contributed by atoms with Crippen LogP contribution >= 0.6 is 0 Å². The summed E-state index contributed by atoms with van der Waals surface area (Å²) in [4.78, 5) is 9.89. The van der Waals surface area contributed by atoms with E-state index in [1.54, 1.807) is 0 Å². The third-order valence-corrected chi connectivity index (χ3v) is 0.743. The molecule has 0 aliphatic rings. The van der Waals surface area contributed by atoms with Crippen LogP contribution in [0.25, 0.3) is 0 Å². The van der Waals surface area contributed by atoms with Gasteiger partial charge in [0.1, 0.15) is 5.71 Å². The van der Waals surface area contributed by atoms with Gasteiger partial charge in [0.15, 0.2) is 0 Å². The van der Waals surface area contributed by atoms with E-state index in [0.29, 0.717) is 6.21 Å². The van der Waals surface area contributed by atoms with Gasteiger partial charge in [-0.1, -0.05) is 0 Å². The van der Waals surface area contributed by atoms with Crippen molar-refractivity contribution in [1.82, 2.24) is 0 Å². The fourth-order valence-electron chi connectivity index (χ4n) is 0.226. The number of carbonyl (C=O) groups is 1. The van der Waals surface area contributed by atoms with Gasteiger partial charge in [-0.15, -0.1) is 0 Å². The molecule has 1 unspecified atom stereocenters. The zero-order valence-electron chi connectivity index (χ0n) is 4.59. The van der Waals surface area contributed by atoms with Crippen molar-refractivity contribution in [1.29, 1.82) is 10.8 Å². The fourth-order valence-corrected chi connectivity index (χ4v) is 0.226. The molecule has 50 valence electrons. The highest BCUT2D eigenvalue weighted by Crippen LogP contribution is 1.77. The van der Waals surface area contributed by atoms with E-state index in [9.17, 15) is 4.79 Å². The predicted octanol–water partition coefficient (Wildman–Crippen LogP) is -0.932. The Labute approximate surface area is 51.5 Å². The van der Waals surface area contributed by atoms with Gasteiger partial charge in [-0.25, -0.2) is 4.79 Å². The summed E-state index contributed by atoms with van der Waals surface area (Å²) < 4.78 is 0. The first-order valence-electron chi connectivity index (χ1n) is 2.17. The highest BCUT2D eigenvalue weighted by atomic mass is 16.4. The normalized spacial score (nSPS) is 12.1. The van der Waals surface area contributed by atoms with E-state index in [0.717, 1.165) is 0 Å². The Hall–Kier alpha value is -1.23. The van der Waals surface area contributed by atoms with Crippen LogP contribution in [-0.2, 0) is 4.79 Å². The molecule has 0 amide bonds. The molecular formula is C4H7N3O2. The average Bonchev–Trinajstić information content (AvgIpc) is 1.84. The molecule has 9 heavy (non-hydrogen) atoms. The highest BCUT2D eigenvalue weighted by molar-refractivity contribution is 6.39. The molecule has 0 aromatic rings. The molecule has 0 saturated carbocycles. The van der Waals surface area contributed by atoms with Crippen molar-refractivity contribution in [2.75, 3.05) is 0 Å². The van der Waals surface area contributed by atoms with E-state index >= 15 is 0 Å². The second kappa shape index (κ2) is 2.93. The van der Waals surface area contributed by atoms with Crippen LogP contribution in [0.5, 0.6) is 0 Å². The second-order valence-electron chi connectivity index (χ2n) is 1.41. The summed E-state index contributed by atoms with van der Waals surface area (Å²) in [5.41, 5.74) is 4.31. The maximum absolute atomic E-state index is 9.89. The summed E-state index contributed by atoms with van der Waals surface area (Å²) in [6, 6.07) is -1.08. The molecule has 0 aliphatic carbocycles. The van der Waals surface area contributed by atoms with E-state index < -0.39 is 17.7 Å². The van der Waals surface area contributed by atoms with Gasteiger partial charge in [0.05, 0.1) is 6.04 Å². The van der Waals surface area contributed by atoms with E-state index in [2.05, 4.69) is 0 Å². The number of hydrogen-bond acceptors (Lipinski definition) is 4. The van der Waals surface area contributed by atoms with Gasteiger partial charge in [-0.3, -0.25) is 5.41 Å². The molecule has 0 saturated heterocycles. The van der Waals surface area contributed by atoms with Gasteiger partial charge in [-0.05, 0) is 0 Å². The molecule has 5 nitrogen and oxygen atoms in total. The van der Waals surface area contributed by atoms with E-state index in [-0.39, 0.29) is 0 Å². The summed E-state index contributed by atoms with van der Waals surface area (Å²) in [7, 11) is 0. The molecular weight excluding hydrogens is 122 g/mol. The molecule has 0 heterocycles. The van der Waals surface area contributed by atoms with Crippen molar-refractivity contribution >= 4 is 17.9 Å². The minimum Gasteiger partial charge on any atom is -0.477 e. The minimum atomic E-state index is -1.38. The number of rotatable bonds is 3.